The predicted octanol–water partition coefficient (Wildman–Crippen LogP) is 1.66. The maximum absolute atomic E-state index is 12.2. The lowest BCUT2D eigenvalue weighted by Crippen LogP contribution is -2.39. The molecule has 1 rings (SSSR count). The summed E-state index contributed by atoms with van der Waals surface area (Å²) in [5.41, 5.74) is 3.08. The van der Waals surface area contributed by atoms with Crippen molar-refractivity contribution in [3.8, 4) is 6.07 Å². The van der Waals surface area contributed by atoms with Crippen molar-refractivity contribution in [2.45, 2.75) is 18.1 Å². The number of nitrogens with zero attached hydrogens (tertiary/aromatic N) is 1. The fraction of sp³-hybridized carbons (Fsp3) is 0.375. The van der Waals surface area contributed by atoms with Crippen LogP contribution in [-0.2, 0) is 0 Å². The highest BCUT2D eigenvalue weighted by atomic mass is 19.4. The Morgan fingerprint density at radius 2 is 2.15 bits per heavy atom. The molecule has 0 saturated heterocycles. The van der Waals surface area contributed by atoms with Crippen LogP contribution in [0.4, 0.5) is 13.2 Å². The Bertz CT molecular complexity index is 308. The van der Waals surface area contributed by atoms with Crippen LogP contribution in [0.5, 0.6) is 0 Å². The van der Waals surface area contributed by atoms with Crippen LogP contribution >= 0.6 is 0 Å². The first-order valence-corrected chi connectivity index (χ1v) is 3.53. The van der Waals surface area contributed by atoms with Gasteiger partial charge in [0.05, 0.1) is 6.07 Å². The summed E-state index contributed by atoms with van der Waals surface area (Å²) in [6, 6.07) is 1.63. The van der Waals surface area contributed by atoms with Crippen molar-refractivity contribution in [2.75, 3.05) is 0 Å². The molecular weight excluding hydrogens is 181 g/mol. The van der Waals surface area contributed by atoms with Crippen molar-refractivity contribution in [3.63, 3.8) is 0 Å². The second kappa shape index (κ2) is 2.89. The second-order valence-corrected chi connectivity index (χ2v) is 2.88. The second-order valence-electron chi connectivity index (χ2n) is 2.88. The summed E-state index contributed by atoms with van der Waals surface area (Å²) in [4.78, 5) is 0. The molecule has 70 valence electrons. The molecule has 0 amide bonds. The van der Waals surface area contributed by atoms with Crippen molar-refractivity contribution in [3.05, 3.63) is 23.8 Å². The summed E-state index contributed by atoms with van der Waals surface area (Å²) in [6.45, 7) is 0. The van der Waals surface area contributed by atoms with Gasteiger partial charge in [0.2, 0.25) is 0 Å². The number of nitriles is 1. The maximum Gasteiger partial charge on any atom is 0.412 e. The molecular formula is C8H7F3N2. The zero-order chi connectivity index (χ0) is 10.1. The fourth-order valence-corrected chi connectivity index (χ4v) is 1.04. The third-order valence-electron chi connectivity index (χ3n) is 1.75. The van der Waals surface area contributed by atoms with Crippen LogP contribution in [0.15, 0.2) is 23.8 Å². The van der Waals surface area contributed by atoms with Gasteiger partial charge in [0.1, 0.15) is 5.54 Å². The summed E-state index contributed by atoms with van der Waals surface area (Å²) < 4.78 is 36.5. The van der Waals surface area contributed by atoms with E-state index in [4.69, 9.17) is 11.0 Å². The van der Waals surface area contributed by atoms with Gasteiger partial charge in [-0.3, -0.25) is 0 Å². The third kappa shape index (κ3) is 2.10. The average Bonchev–Trinajstić information content (AvgIpc) is 2.03. The van der Waals surface area contributed by atoms with Crippen LogP contribution in [0.1, 0.15) is 6.42 Å². The number of hydrogen-bond donors (Lipinski definition) is 1. The van der Waals surface area contributed by atoms with Crippen LogP contribution < -0.4 is 5.73 Å². The normalized spacial score (nSPS) is 28.1. The first-order chi connectivity index (χ1) is 5.87. The van der Waals surface area contributed by atoms with Gasteiger partial charge in [0, 0.05) is 12.0 Å². The van der Waals surface area contributed by atoms with E-state index < -0.39 is 23.7 Å². The van der Waals surface area contributed by atoms with Crippen molar-refractivity contribution < 1.29 is 13.2 Å². The maximum atomic E-state index is 12.2. The van der Waals surface area contributed by atoms with E-state index in [1.54, 1.807) is 6.07 Å². The van der Waals surface area contributed by atoms with Crippen molar-refractivity contribution in [1.29, 1.82) is 5.26 Å². The zero-order valence-electron chi connectivity index (χ0n) is 6.60. The monoisotopic (exact) mass is 188 g/mol. The average molecular weight is 188 g/mol. The molecule has 2 N–H and O–H groups in total. The minimum atomic E-state index is -4.40. The largest absolute Gasteiger partial charge is 0.412 e. The van der Waals surface area contributed by atoms with Crippen LogP contribution in [-0.4, -0.2) is 11.7 Å². The van der Waals surface area contributed by atoms with Gasteiger partial charge in [-0.25, -0.2) is 0 Å². The summed E-state index contributed by atoms with van der Waals surface area (Å²) >= 11 is 0. The Morgan fingerprint density at radius 1 is 1.54 bits per heavy atom. The molecule has 0 aromatic rings. The Labute approximate surface area is 73.1 Å². The van der Waals surface area contributed by atoms with Crippen LogP contribution in [0.2, 0.25) is 0 Å². The SMILES string of the molecule is N#CC1(N)C=CC=C(C(F)(F)F)C1. The highest BCUT2D eigenvalue weighted by Crippen LogP contribution is 2.33. The fourth-order valence-electron chi connectivity index (χ4n) is 1.04. The van der Waals surface area contributed by atoms with Crippen molar-refractivity contribution >= 4 is 0 Å². The Hall–Kier alpha value is -1.28. The first-order valence-electron chi connectivity index (χ1n) is 3.53. The predicted molar refractivity (Wildman–Crippen MR) is 40.4 cm³/mol. The van der Waals surface area contributed by atoms with E-state index in [0.29, 0.717) is 0 Å². The van der Waals surface area contributed by atoms with Gasteiger partial charge in [-0.1, -0.05) is 18.2 Å². The number of rotatable bonds is 0. The zero-order valence-corrected chi connectivity index (χ0v) is 6.60. The Morgan fingerprint density at radius 3 is 2.62 bits per heavy atom. The molecule has 0 heterocycles. The van der Waals surface area contributed by atoms with Gasteiger partial charge in [0.15, 0.2) is 0 Å². The van der Waals surface area contributed by atoms with Crippen molar-refractivity contribution in [2.24, 2.45) is 5.73 Å². The highest BCUT2D eigenvalue weighted by molar-refractivity contribution is 5.34. The first kappa shape index (κ1) is 9.81. The lowest BCUT2D eigenvalue weighted by Gasteiger charge is -2.23. The van der Waals surface area contributed by atoms with Gasteiger partial charge in [0.25, 0.3) is 0 Å². The number of hydrogen-bond acceptors (Lipinski definition) is 2. The van der Waals surface area contributed by atoms with E-state index in [2.05, 4.69) is 0 Å². The molecule has 13 heavy (non-hydrogen) atoms. The molecule has 0 bridgehead atoms. The number of alkyl halides is 3. The van der Waals surface area contributed by atoms with Gasteiger partial charge < -0.3 is 5.73 Å². The molecule has 0 aromatic heterocycles. The topological polar surface area (TPSA) is 49.8 Å². The van der Waals surface area contributed by atoms with Crippen LogP contribution in [0.3, 0.4) is 0 Å². The summed E-state index contributed by atoms with van der Waals surface area (Å²) in [5, 5.41) is 8.51. The molecule has 1 aliphatic carbocycles. The number of allylic oxidation sites excluding steroid dienone is 2. The molecule has 2 nitrogen and oxygen atoms in total. The molecule has 5 heteroatoms. The van der Waals surface area contributed by atoms with Gasteiger partial charge in [-0.05, 0) is 0 Å². The summed E-state index contributed by atoms with van der Waals surface area (Å²) in [7, 11) is 0. The van der Waals surface area contributed by atoms with E-state index >= 15 is 0 Å². The van der Waals surface area contributed by atoms with E-state index in [-0.39, 0.29) is 0 Å². The molecule has 0 spiro atoms. The smallest absolute Gasteiger partial charge is 0.310 e. The number of halogens is 3. The molecule has 0 aliphatic heterocycles. The lowest BCUT2D eigenvalue weighted by molar-refractivity contribution is -0.0949. The van der Waals surface area contributed by atoms with E-state index in [1.807, 2.05) is 0 Å². The molecule has 1 unspecified atom stereocenters. The summed E-state index contributed by atoms with van der Waals surface area (Å²) in [5.74, 6) is 0. The molecule has 0 radical (unpaired) electrons. The minimum absolute atomic E-state index is 0.483. The molecule has 0 saturated carbocycles. The number of nitrogens with two attached hydrogens (primary N) is 1. The van der Waals surface area contributed by atoms with E-state index in [0.717, 1.165) is 12.2 Å². The minimum Gasteiger partial charge on any atom is -0.310 e. The Balaban J connectivity index is 2.92. The van der Waals surface area contributed by atoms with E-state index in [1.165, 1.54) is 6.08 Å². The molecule has 0 fully saturated rings. The Kier molecular flexibility index (Phi) is 2.18. The third-order valence-corrected chi connectivity index (χ3v) is 1.75. The quantitative estimate of drug-likeness (QED) is 0.628. The van der Waals surface area contributed by atoms with Gasteiger partial charge in [-0.2, -0.15) is 18.4 Å². The van der Waals surface area contributed by atoms with Crippen LogP contribution in [0.25, 0.3) is 0 Å². The lowest BCUT2D eigenvalue weighted by atomic mass is 9.88. The van der Waals surface area contributed by atoms with Gasteiger partial charge >= 0.3 is 6.18 Å². The van der Waals surface area contributed by atoms with Gasteiger partial charge in [-0.15, -0.1) is 0 Å². The molecule has 1 aliphatic rings. The molecule has 0 aromatic carbocycles. The van der Waals surface area contributed by atoms with Crippen LogP contribution in [0, 0.1) is 11.3 Å². The molecule has 1 atom stereocenters. The summed E-state index contributed by atoms with van der Waals surface area (Å²) in [6.07, 6.45) is -1.52. The van der Waals surface area contributed by atoms with Crippen molar-refractivity contribution in [1.82, 2.24) is 0 Å². The van der Waals surface area contributed by atoms with E-state index in [9.17, 15) is 13.2 Å². The highest BCUT2D eigenvalue weighted by Gasteiger charge is 2.39. The standard InChI is InChI=1S/C8H7F3N2/c9-8(10,11)6-2-1-3-7(13,4-6)5-12/h1-3H,4,13H2.